The predicted molar refractivity (Wildman–Crippen MR) is 109 cm³/mol. The lowest BCUT2D eigenvalue weighted by molar-refractivity contribution is 0.0794. The highest BCUT2D eigenvalue weighted by Gasteiger charge is 2.32. The third-order valence-electron chi connectivity index (χ3n) is 5.05. The number of carbonyl (C=O) groups is 2. The van der Waals surface area contributed by atoms with Crippen molar-refractivity contribution in [1.82, 2.24) is 20.4 Å². The minimum Gasteiger partial charge on any atom is -0.398 e. The first-order chi connectivity index (χ1) is 13.9. The lowest BCUT2D eigenvalue weighted by Gasteiger charge is -2.14. The number of aromatic amines is 1. The number of aromatic nitrogens is 2. The molecular formula is C21H18N6O2. The van der Waals surface area contributed by atoms with Gasteiger partial charge in [-0.25, -0.2) is 0 Å². The molecule has 3 aromatic rings. The average molecular weight is 386 g/mol. The van der Waals surface area contributed by atoms with Crippen LogP contribution in [0.1, 0.15) is 26.4 Å². The van der Waals surface area contributed by atoms with Crippen molar-refractivity contribution in [3.8, 4) is 17.2 Å². The van der Waals surface area contributed by atoms with Gasteiger partial charge in [0.2, 0.25) is 0 Å². The number of H-pyrrole nitrogens is 1. The molecule has 2 heterocycles. The summed E-state index contributed by atoms with van der Waals surface area (Å²) in [5.74, 6) is -0.501. The first kappa shape index (κ1) is 18.3. The van der Waals surface area contributed by atoms with Crippen LogP contribution in [-0.4, -0.2) is 40.5 Å². The van der Waals surface area contributed by atoms with Crippen molar-refractivity contribution in [3.63, 3.8) is 0 Å². The zero-order valence-corrected chi connectivity index (χ0v) is 15.7. The number of nitrogens with zero attached hydrogens (tertiary/aromatic N) is 3. The Balaban J connectivity index is 1.83. The highest BCUT2D eigenvalue weighted by Crippen LogP contribution is 2.37. The van der Waals surface area contributed by atoms with Crippen molar-refractivity contribution >= 4 is 28.4 Å². The summed E-state index contributed by atoms with van der Waals surface area (Å²) in [6, 6.07) is 11.2. The minimum atomic E-state index is -0.285. The Kier molecular flexibility index (Phi) is 4.28. The molecule has 2 amide bonds. The lowest BCUT2D eigenvalue weighted by atomic mass is 9.95. The second-order valence-electron chi connectivity index (χ2n) is 6.84. The van der Waals surface area contributed by atoms with E-state index in [4.69, 9.17) is 11.0 Å². The number of carbonyl (C=O) groups excluding carboxylic acids is 2. The summed E-state index contributed by atoms with van der Waals surface area (Å²) in [6.07, 6.45) is 0. The SMILES string of the molecule is C=C(C#N)CN1Cc2c(-c3ccc4[nH]nc(C(=O)NC)c4c3)ccc(N)c2C1=O. The van der Waals surface area contributed by atoms with Gasteiger partial charge in [-0.15, -0.1) is 0 Å². The number of amides is 2. The summed E-state index contributed by atoms with van der Waals surface area (Å²) in [7, 11) is 1.55. The van der Waals surface area contributed by atoms with Gasteiger partial charge in [0.15, 0.2) is 5.69 Å². The van der Waals surface area contributed by atoms with Crippen LogP contribution >= 0.6 is 0 Å². The number of nitrogen functional groups attached to an aromatic ring is 1. The first-order valence-electron chi connectivity index (χ1n) is 8.93. The van der Waals surface area contributed by atoms with E-state index < -0.39 is 0 Å². The van der Waals surface area contributed by atoms with E-state index >= 15 is 0 Å². The van der Waals surface area contributed by atoms with Gasteiger partial charge in [0.25, 0.3) is 11.8 Å². The fraction of sp³-hybridized carbons (Fsp3) is 0.143. The molecule has 0 atom stereocenters. The van der Waals surface area contributed by atoms with Gasteiger partial charge in [-0.3, -0.25) is 14.7 Å². The van der Waals surface area contributed by atoms with E-state index in [2.05, 4.69) is 22.1 Å². The van der Waals surface area contributed by atoms with Crippen LogP contribution in [0, 0.1) is 11.3 Å². The quantitative estimate of drug-likeness (QED) is 0.468. The number of fused-ring (bicyclic) bond motifs is 2. The molecule has 1 aliphatic rings. The van der Waals surface area contributed by atoms with Gasteiger partial charge in [-0.05, 0) is 34.9 Å². The van der Waals surface area contributed by atoms with Crippen LogP contribution in [0.3, 0.4) is 0 Å². The molecule has 0 bridgehead atoms. The van der Waals surface area contributed by atoms with Crippen LogP contribution in [0.5, 0.6) is 0 Å². The van der Waals surface area contributed by atoms with Crippen molar-refractivity contribution in [3.05, 3.63) is 59.3 Å². The maximum Gasteiger partial charge on any atom is 0.272 e. The lowest BCUT2D eigenvalue weighted by Crippen LogP contribution is -2.26. The summed E-state index contributed by atoms with van der Waals surface area (Å²) in [5.41, 5.74) is 10.8. The molecule has 1 aromatic heterocycles. The molecule has 1 aliphatic heterocycles. The molecule has 0 spiro atoms. The van der Waals surface area contributed by atoms with E-state index in [0.29, 0.717) is 34.4 Å². The maximum atomic E-state index is 12.8. The number of benzene rings is 2. The van der Waals surface area contributed by atoms with Crippen LogP contribution in [0.25, 0.3) is 22.0 Å². The highest BCUT2D eigenvalue weighted by atomic mass is 16.2. The minimum absolute atomic E-state index is 0.157. The molecule has 0 saturated carbocycles. The second kappa shape index (κ2) is 6.80. The third kappa shape index (κ3) is 2.89. The largest absolute Gasteiger partial charge is 0.398 e. The van der Waals surface area contributed by atoms with Crippen LogP contribution in [0.4, 0.5) is 5.69 Å². The van der Waals surface area contributed by atoms with Crippen LogP contribution < -0.4 is 11.1 Å². The molecular weight excluding hydrogens is 368 g/mol. The Morgan fingerprint density at radius 2 is 2.21 bits per heavy atom. The average Bonchev–Trinajstić information content (AvgIpc) is 3.29. The number of nitriles is 1. The first-order valence-corrected chi connectivity index (χ1v) is 8.93. The zero-order chi connectivity index (χ0) is 20.7. The Labute approximate surface area is 166 Å². The molecule has 144 valence electrons. The van der Waals surface area contributed by atoms with Gasteiger partial charge in [0, 0.05) is 30.2 Å². The van der Waals surface area contributed by atoms with Crippen LogP contribution in [-0.2, 0) is 6.54 Å². The van der Waals surface area contributed by atoms with Crippen molar-refractivity contribution in [2.24, 2.45) is 0 Å². The van der Waals surface area contributed by atoms with Gasteiger partial charge in [-0.2, -0.15) is 10.4 Å². The summed E-state index contributed by atoms with van der Waals surface area (Å²) in [6.45, 7) is 4.16. The third-order valence-corrected chi connectivity index (χ3v) is 5.05. The number of nitrogens with two attached hydrogens (primary N) is 1. The number of hydrogen-bond donors (Lipinski definition) is 3. The van der Waals surface area contributed by atoms with Crippen molar-refractivity contribution in [1.29, 1.82) is 5.26 Å². The zero-order valence-electron chi connectivity index (χ0n) is 15.7. The van der Waals surface area contributed by atoms with E-state index in [-0.39, 0.29) is 18.4 Å². The van der Waals surface area contributed by atoms with Crippen LogP contribution in [0.2, 0.25) is 0 Å². The van der Waals surface area contributed by atoms with E-state index in [1.807, 2.05) is 30.3 Å². The van der Waals surface area contributed by atoms with E-state index in [1.54, 1.807) is 18.0 Å². The Morgan fingerprint density at radius 3 is 2.93 bits per heavy atom. The summed E-state index contributed by atoms with van der Waals surface area (Å²) >= 11 is 0. The number of rotatable bonds is 4. The van der Waals surface area contributed by atoms with Crippen molar-refractivity contribution in [2.75, 3.05) is 19.3 Å². The fourth-order valence-corrected chi connectivity index (χ4v) is 3.64. The molecule has 4 N–H and O–H groups in total. The maximum absolute atomic E-state index is 12.8. The van der Waals surface area contributed by atoms with E-state index in [1.165, 1.54) is 0 Å². The molecule has 29 heavy (non-hydrogen) atoms. The molecule has 0 aliphatic carbocycles. The topological polar surface area (TPSA) is 128 Å². The van der Waals surface area contributed by atoms with Gasteiger partial charge < -0.3 is 16.0 Å². The van der Waals surface area contributed by atoms with Gasteiger partial charge >= 0.3 is 0 Å². The molecule has 0 radical (unpaired) electrons. The van der Waals surface area contributed by atoms with Gasteiger partial charge in [0.1, 0.15) is 0 Å². The summed E-state index contributed by atoms with van der Waals surface area (Å²) in [4.78, 5) is 26.5. The molecule has 8 nitrogen and oxygen atoms in total. The standard InChI is InChI=1S/C21H18N6O2/c1-11(8-22)9-27-10-15-13(4-5-16(23)18(15)21(27)29)12-3-6-17-14(7-12)19(26-25-17)20(28)24-2/h3-7H,1,9-10,23H2,2H3,(H,24,28)(H,25,26). The number of anilines is 1. The van der Waals surface area contributed by atoms with E-state index in [0.717, 1.165) is 22.2 Å². The Bertz CT molecular complexity index is 1230. The second-order valence-corrected chi connectivity index (χ2v) is 6.84. The molecule has 2 aromatic carbocycles. The predicted octanol–water partition coefficient (Wildman–Crippen LogP) is 2.21. The normalized spacial score (nSPS) is 12.7. The fourth-order valence-electron chi connectivity index (χ4n) is 3.64. The Hall–Kier alpha value is -4.12. The Morgan fingerprint density at radius 1 is 1.41 bits per heavy atom. The summed E-state index contributed by atoms with van der Waals surface area (Å²) in [5, 5.41) is 19.2. The molecule has 0 unspecified atom stereocenters. The van der Waals surface area contributed by atoms with E-state index in [9.17, 15) is 9.59 Å². The monoisotopic (exact) mass is 386 g/mol. The molecule has 4 rings (SSSR count). The van der Waals surface area contributed by atoms with Gasteiger partial charge in [-0.1, -0.05) is 18.7 Å². The van der Waals surface area contributed by atoms with Crippen molar-refractivity contribution in [2.45, 2.75) is 6.54 Å². The van der Waals surface area contributed by atoms with Crippen LogP contribution in [0.15, 0.2) is 42.5 Å². The molecule has 0 fully saturated rings. The number of hydrogen-bond acceptors (Lipinski definition) is 5. The summed E-state index contributed by atoms with van der Waals surface area (Å²) < 4.78 is 0. The highest BCUT2D eigenvalue weighted by molar-refractivity contribution is 6.07. The number of nitrogens with one attached hydrogen (secondary N) is 2. The molecule has 8 heteroatoms. The van der Waals surface area contributed by atoms with Crippen molar-refractivity contribution < 1.29 is 9.59 Å². The smallest absolute Gasteiger partial charge is 0.272 e. The molecule has 0 saturated heterocycles. The van der Waals surface area contributed by atoms with Gasteiger partial charge in [0.05, 0.1) is 23.7 Å².